The van der Waals surface area contributed by atoms with Gasteiger partial charge in [-0.05, 0) is 54.8 Å². The van der Waals surface area contributed by atoms with Crippen LogP contribution in [0.5, 0.6) is 17.2 Å². The largest absolute Gasteiger partial charge is 0.494 e. The normalized spacial score (nSPS) is 10.8. The molecule has 0 aliphatic rings. The van der Waals surface area contributed by atoms with Crippen LogP contribution in [0.15, 0.2) is 53.3 Å². The molecule has 4 heteroatoms. The minimum absolute atomic E-state index is 0.144. The van der Waals surface area contributed by atoms with E-state index < -0.39 is 0 Å². The lowest BCUT2D eigenvalue weighted by Crippen LogP contribution is -2.04. The van der Waals surface area contributed by atoms with Crippen molar-refractivity contribution in [3.63, 3.8) is 0 Å². The van der Waals surface area contributed by atoms with Gasteiger partial charge in [0.2, 0.25) is 5.43 Å². The molecule has 2 rings (SSSR count). The van der Waals surface area contributed by atoms with Crippen molar-refractivity contribution < 1.29 is 14.2 Å². The quantitative estimate of drug-likeness (QED) is 0.177. The van der Waals surface area contributed by atoms with Gasteiger partial charge in [0.1, 0.15) is 18.1 Å². The maximum atomic E-state index is 12.4. The average molecular weight is 483 g/mol. The molecule has 0 atom stereocenters. The van der Waals surface area contributed by atoms with Gasteiger partial charge in [-0.25, -0.2) is 0 Å². The Labute approximate surface area is 213 Å². The Morgan fingerprint density at radius 2 is 0.971 bits per heavy atom. The minimum atomic E-state index is -0.144. The van der Waals surface area contributed by atoms with Crippen LogP contribution >= 0.6 is 0 Å². The molecule has 0 aliphatic heterocycles. The molecule has 0 saturated heterocycles. The third-order valence-corrected chi connectivity index (χ3v) is 6.14. The fraction of sp³-hybridized carbons (Fsp3) is 0.581. The zero-order valence-corrected chi connectivity index (χ0v) is 22.1. The van der Waals surface area contributed by atoms with E-state index in [9.17, 15) is 4.79 Å². The first-order chi connectivity index (χ1) is 17.2. The molecule has 194 valence electrons. The van der Waals surface area contributed by atoms with E-state index in [1.807, 2.05) is 30.3 Å². The van der Waals surface area contributed by atoms with Gasteiger partial charge >= 0.3 is 0 Å². The van der Waals surface area contributed by atoms with Crippen molar-refractivity contribution in [3.05, 3.63) is 64.3 Å². The lowest BCUT2D eigenvalue weighted by Gasteiger charge is -2.08. The van der Waals surface area contributed by atoms with Crippen LogP contribution in [0.25, 0.3) is 0 Å². The Balaban J connectivity index is 1.67. The zero-order chi connectivity index (χ0) is 25.0. The van der Waals surface area contributed by atoms with Crippen LogP contribution in [-0.2, 0) is 6.61 Å². The number of ether oxygens (including phenoxy) is 3. The summed E-state index contributed by atoms with van der Waals surface area (Å²) in [7, 11) is 0. The molecule has 0 bridgehead atoms. The Morgan fingerprint density at radius 3 is 1.54 bits per heavy atom. The van der Waals surface area contributed by atoms with E-state index in [1.54, 1.807) is 12.1 Å². The maximum Gasteiger partial charge on any atom is 0.220 e. The molecule has 35 heavy (non-hydrogen) atoms. The Bertz CT molecular complexity index is 847. The fourth-order valence-corrected chi connectivity index (χ4v) is 3.92. The van der Waals surface area contributed by atoms with Crippen molar-refractivity contribution in [3.8, 4) is 17.2 Å². The number of rotatable bonds is 20. The topological polar surface area (TPSA) is 44.8 Å². The molecular formula is C31H46O4. The van der Waals surface area contributed by atoms with Gasteiger partial charge in [-0.3, -0.25) is 4.79 Å². The molecule has 2 aromatic rings. The summed E-state index contributed by atoms with van der Waals surface area (Å²) >= 11 is 0. The molecule has 2 aromatic carbocycles. The molecule has 0 aromatic heterocycles. The fourth-order valence-electron chi connectivity index (χ4n) is 3.92. The number of unbranched alkanes of at least 4 members (excludes halogenated alkanes) is 11. The summed E-state index contributed by atoms with van der Waals surface area (Å²) in [5, 5.41) is 0. The lowest BCUT2D eigenvalue weighted by atomic mass is 10.1. The summed E-state index contributed by atoms with van der Waals surface area (Å²) in [6, 6.07) is 14.7. The third-order valence-electron chi connectivity index (χ3n) is 6.14. The lowest BCUT2D eigenvalue weighted by molar-refractivity contribution is 0.298. The highest BCUT2D eigenvalue weighted by Crippen LogP contribution is 2.16. The second-order valence-electron chi connectivity index (χ2n) is 9.32. The molecule has 0 N–H and O–H groups in total. The molecule has 0 aliphatic carbocycles. The van der Waals surface area contributed by atoms with Crippen LogP contribution in [-0.4, -0.2) is 13.2 Å². The summed E-state index contributed by atoms with van der Waals surface area (Å²) in [6.45, 7) is 6.23. The first-order valence-corrected chi connectivity index (χ1v) is 13.8. The van der Waals surface area contributed by atoms with E-state index in [2.05, 4.69) is 13.8 Å². The summed E-state index contributed by atoms with van der Waals surface area (Å²) in [5.41, 5.74) is 0.853. The van der Waals surface area contributed by atoms with Gasteiger partial charge in [0.15, 0.2) is 5.75 Å². The van der Waals surface area contributed by atoms with Crippen molar-refractivity contribution in [1.29, 1.82) is 0 Å². The number of hydrogen-bond acceptors (Lipinski definition) is 4. The smallest absolute Gasteiger partial charge is 0.220 e. The Hall–Kier alpha value is -2.49. The molecule has 0 radical (unpaired) electrons. The number of hydrogen-bond donors (Lipinski definition) is 0. The molecule has 0 unspecified atom stereocenters. The van der Waals surface area contributed by atoms with Crippen LogP contribution < -0.4 is 19.6 Å². The molecule has 0 fully saturated rings. The van der Waals surface area contributed by atoms with E-state index in [0.29, 0.717) is 24.7 Å². The SMILES string of the molecule is CCCCCCCCCCCOc1ccc(OCc2ccc(OCCCCCC)cc2)c(=O)cc1. The highest BCUT2D eigenvalue weighted by atomic mass is 16.5. The molecule has 0 saturated carbocycles. The highest BCUT2D eigenvalue weighted by Gasteiger charge is 2.03. The summed E-state index contributed by atoms with van der Waals surface area (Å²) in [4.78, 5) is 12.4. The van der Waals surface area contributed by atoms with Gasteiger partial charge in [0.25, 0.3) is 0 Å². The summed E-state index contributed by atoms with van der Waals surface area (Å²) < 4.78 is 17.4. The highest BCUT2D eigenvalue weighted by molar-refractivity contribution is 5.30. The predicted molar refractivity (Wildman–Crippen MR) is 146 cm³/mol. The van der Waals surface area contributed by atoms with Crippen LogP contribution in [0.3, 0.4) is 0 Å². The van der Waals surface area contributed by atoms with Gasteiger partial charge < -0.3 is 14.2 Å². The molecule has 4 nitrogen and oxygen atoms in total. The average Bonchev–Trinajstić information content (AvgIpc) is 3.05. The van der Waals surface area contributed by atoms with Crippen molar-refractivity contribution >= 4 is 0 Å². The first kappa shape index (κ1) is 28.7. The predicted octanol–water partition coefficient (Wildman–Crippen LogP) is 8.49. The van der Waals surface area contributed by atoms with Gasteiger partial charge in [-0.15, -0.1) is 0 Å². The monoisotopic (exact) mass is 482 g/mol. The van der Waals surface area contributed by atoms with Crippen molar-refractivity contribution in [2.24, 2.45) is 0 Å². The van der Waals surface area contributed by atoms with Gasteiger partial charge in [0.05, 0.1) is 13.2 Å². The Kier molecular flexibility index (Phi) is 15.4. The maximum absolute atomic E-state index is 12.4. The molecule has 0 heterocycles. The second kappa shape index (κ2) is 18.8. The second-order valence-corrected chi connectivity index (χ2v) is 9.32. The van der Waals surface area contributed by atoms with Crippen LogP contribution in [0.4, 0.5) is 0 Å². The molecule has 0 spiro atoms. The number of benzene rings is 1. The van der Waals surface area contributed by atoms with E-state index in [0.717, 1.165) is 30.8 Å². The third kappa shape index (κ3) is 13.2. The molecular weight excluding hydrogens is 436 g/mol. The van der Waals surface area contributed by atoms with Gasteiger partial charge in [-0.1, -0.05) is 96.6 Å². The summed E-state index contributed by atoms with van der Waals surface area (Å²) in [5.74, 6) is 1.91. The van der Waals surface area contributed by atoms with Crippen molar-refractivity contribution in [1.82, 2.24) is 0 Å². The molecule has 0 amide bonds. The van der Waals surface area contributed by atoms with E-state index in [-0.39, 0.29) is 5.43 Å². The van der Waals surface area contributed by atoms with Crippen LogP contribution in [0, 0.1) is 0 Å². The van der Waals surface area contributed by atoms with E-state index in [4.69, 9.17) is 14.2 Å². The zero-order valence-electron chi connectivity index (χ0n) is 22.1. The van der Waals surface area contributed by atoms with E-state index >= 15 is 0 Å². The van der Waals surface area contributed by atoms with Crippen LogP contribution in [0.1, 0.15) is 103 Å². The van der Waals surface area contributed by atoms with Gasteiger partial charge in [-0.2, -0.15) is 0 Å². The van der Waals surface area contributed by atoms with Crippen molar-refractivity contribution in [2.45, 2.75) is 104 Å². The minimum Gasteiger partial charge on any atom is -0.494 e. The standard InChI is InChI=1S/C31H46O4/c1-3-5-7-9-10-11-12-13-15-25-34-29-20-22-30(32)31(23-21-29)35-26-27-16-18-28(19-17-27)33-24-14-8-6-4-2/h16-23H,3-15,24-26H2,1-2H3. The Morgan fingerprint density at radius 1 is 0.514 bits per heavy atom. The van der Waals surface area contributed by atoms with Gasteiger partial charge in [0, 0.05) is 0 Å². The summed E-state index contributed by atoms with van der Waals surface area (Å²) in [6.07, 6.45) is 16.4. The first-order valence-electron chi connectivity index (χ1n) is 13.8. The van der Waals surface area contributed by atoms with Crippen LogP contribution in [0.2, 0.25) is 0 Å². The van der Waals surface area contributed by atoms with E-state index in [1.165, 1.54) is 76.7 Å². The van der Waals surface area contributed by atoms with Crippen molar-refractivity contribution in [2.75, 3.05) is 13.2 Å².